The number of aliphatic hydroxyl groups excluding tert-OH is 1. The molecule has 1 aliphatic carbocycles. The first-order chi connectivity index (χ1) is 8.35. The van der Waals surface area contributed by atoms with Gasteiger partial charge in [-0.1, -0.05) is 6.07 Å². The summed E-state index contributed by atoms with van der Waals surface area (Å²) in [6.45, 7) is 1.09. The van der Waals surface area contributed by atoms with Gasteiger partial charge in [0.2, 0.25) is 5.88 Å². The van der Waals surface area contributed by atoms with Crippen molar-refractivity contribution in [2.45, 2.75) is 31.7 Å². The van der Waals surface area contributed by atoms with Crippen molar-refractivity contribution in [1.82, 2.24) is 4.98 Å². The highest BCUT2D eigenvalue weighted by molar-refractivity contribution is 5.42. The molecular formula is C13H20N2O2. The molecule has 1 aromatic rings. The average Bonchev–Trinajstić information content (AvgIpc) is 2.32. The van der Waals surface area contributed by atoms with Crippen LogP contribution in [-0.4, -0.2) is 36.4 Å². The molecule has 1 heterocycles. The molecule has 0 aliphatic heterocycles. The third-order valence-electron chi connectivity index (χ3n) is 3.28. The summed E-state index contributed by atoms with van der Waals surface area (Å²) in [5.41, 5.74) is 0. The highest BCUT2D eigenvalue weighted by Gasteiger charge is 2.25. The third kappa shape index (κ3) is 2.88. The van der Waals surface area contributed by atoms with Crippen molar-refractivity contribution in [1.29, 1.82) is 0 Å². The Hall–Kier alpha value is -1.29. The van der Waals surface area contributed by atoms with Crippen LogP contribution in [0.4, 0.5) is 5.82 Å². The Morgan fingerprint density at radius 3 is 2.88 bits per heavy atom. The summed E-state index contributed by atoms with van der Waals surface area (Å²) in [4.78, 5) is 6.76. The van der Waals surface area contributed by atoms with Gasteiger partial charge in [0, 0.05) is 25.3 Å². The molecule has 17 heavy (non-hydrogen) atoms. The van der Waals surface area contributed by atoms with Gasteiger partial charge in [-0.05, 0) is 31.7 Å². The maximum atomic E-state index is 8.96. The first-order valence-electron chi connectivity index (χ1n) is 6.23. The van der Waals surface area contributed by atoms with Crippen LogP contribution in [0.5, 0.6) is 5.88 Å². The topological polar surface area (TPSA) is 45.6 Å². The van der Waals surface area contributed by atoms with Crippen LogP contribution in [0, 0.1) is 0 Å². The van der Waals surface area contributed by atoms with E-state index in [4.69, 9.17) is 9.84 Å². The predicted molar refractivity (Wildman–Crippen MR) is 67.5 cm³/mol. The average molecular weight is 236 g/mol. The van der Waals surface area contributed by atoms with Crippen LogP contribution < -0.4 is 9.64 Å². The van der Waals surface area contributed by atoms with E-state index in [0.717, 1.165) is 18.8 Å². The maximum Gasteiger partial charge on any atom is 0.214 e. The second kappa shape index (κ2) is 5.87. The van der Waals surface area contributed by atoms with E-state index in [1.54, 1.807) is 7.11 Å². The summed E-state index contributed by atoms with van der Waals surface area (Å²) in [5.74, 6) is 1.61. The molecule has 94 valence electrons. The zero-order valence-corrected chi connectivity index (χ0v) is 10.3. The van der Waals surface area contributed by atoms with Crippen LogP contribution in [0.1, 0.15) is 25.7 Å². The Morgan fingerprint density at radius 2 is 2.29 bits per heavy atom. The van der Waals surface area contributed by atoms with Crippen molar-refractivity contribution in [2.24, 2.45) is 0 Å². The minimum atomic E-state index is 0.229. The van der Waals surface area contributed by atoms with Gasteiger partial charge in [0.05, 0.1) is 7.11 Å². The molecule has 0 saturated heterocycles. The highest BCUT2D eigenvalue weighted by Crippen LogP contribution is 2.29. The molecule has 2 rings (SSSR count). The SMILES string of the molecule is COc1cccc(N(CCCO)C2CCC2)n1. The molecule has 0 atom stereocenters. The van der Waals surface area contributed by atoms with E-state index in [1.807, 2.05) is 18.2 Å². The van der Waals surface area contributed by atoms with Crippen molar-refractivity contribution in [3.63, 3.8) is 0 Å². The number of anilines is 1. The molecule has 4 nitrogen and oxygen atoms in total. The number of rotatable bonds is 6. The second-order valence-electron chi connectivity index (χ2n) is 4.39. The zero-order chi connectivity index (χ0) is 12.1. The molecule has 0 spiro atoms. The highest BCUT2D eigenvalue weighted by atomic mass is 16.5. The monoisotopic (exact) mass is 236 g/mol. The molecule has 0 aromatic carbocycles. The van der Waals surface area contributed by atoms with E-state index in [1.165, 1.54) is 19.3 Å². The molecule has 0 unspecified atom stereocenters. The van der Waals surface area contributed by atoms with Gasteiger partial charge in [0.1, 0.15) is 5.82 Å². The number of aromatic nitrogens is 1. The lowest BCUT2D eigenvalue weighted by Crippen LogP contribution is -2.41. The van der Waals surface area contributed by atoms with Crippen LogP contribution in [0.2, 0.25) is 0 Å². The number of ether oxygens (including phenoxy) is 1. The van der Waals surface area contributed by atoms with E-state index in [9.17, 15) is 0 Å². The molecule has 1 saturated carbocycles. The fourth-order valence-corrected chi connectivity index (χ4v) is 2.10. The second-order valence-corrected chi connectivity index (χ2v) is 4.39. The van der Waals surface area contributed by atoms with Gasteiger partial charge < -0.3 is 14.7 Å². The molecule has 1 fully saturated rings. The van der Waals surface area contributed by atoms with E-state index < -0.39 is 0 Å². The largest absolute Gasteiger partial charge is 0.481 e. The van der Waals surface area contributed by atoms with E-state index in [-0.39, 0.29) is 6.61 Å². The summed E-state index contributed by atoms with van der Waals surface area (Å²) < 4.78 is 5.15. The maximum absolute atomic E-state index is 8.96. The summed E-state index contributed by atoms with van der Waals surface area (Å²) in [5, 5.41) is 8.96. The van der Waals surface area contributed by atoms with Crippen LogP contribution >= 0.6 is 0 Å². The predicted octanol–water partition coefficient (Wildman–Crippen LogP) is 1.83. The Morgan fingerprint density at radius 1 is 1.47 bits per heavy atom. The number of nitrogens with zero attached hydrogens (tertiary/aromatic N) is 2. The summed E-state index contributed by atoms with van der Waals surface area (Å²) in [6, 6.07) is 6.42. The first-order valence-corrected chi connectivity index (χ1v) is 6.23. The lowest BCUT2D eigenvalue weighted by atomic mass is 9.91. The number of hydrogen-bond donors (Lipinski definition) is 1. The molecule has 4 heteroatoms. The van der Waals surface area contributed by atoms with Crippen LogP contribution in [0.15, 0.2) is 18.2 Å². The molecule has 0 radical (unpaired) electrons. The Labute approximate surface area is 102 Å². The fraction of sp³-hybridized carbons (Fsp3) is 0.615. The number of aliphatic hydroxyl groups is 1. The quantitative estimate of drug-likeness (QED) is 0.818. The minimum Gasteiger partial charge on any atom is -0.481 e. The molecule has 0 bridgehead atoms. The Balaban J connectivity index is 2.11. The first kappa shape index (κ1) is 12.2. The van der Waals surface area contributed by atoms with Crippen LogP contribution in [-0.2, 0) is 0 Å². The number of hydrogen-bond acceptors (Lipinski definition) is 4. The molecule has 1 aromatic heterocycles. The standard InChI is InChI=1S/C13H20N2O2/c1-17-13-8-3-7-12(14-13)15(9-4-10-16)11-5-2-6-11/h3,7-8,11,16H,2,4-6,9-10H2,1H3. The summed E-state index contributed by atoms with van der Waals surface area (Å²) >= 11 is 0. The van der Waals surface area contributed by atoms with Crippen molar-refractivity contribution in [2.75, 3.05) is 25.2 Å². The van der Waals surface area contributed by atoms with Crippen LogP contribution in [0.25, 0.3) is 0 Å². The van der Waals surface area contributed by atoms with Gasteiger partial charge in [-0.15, -0.1) is 0 Å². The molecule has 0 amide bonds. The molecular weight excluding hydrogens is 216 g/mol. The van der Waals surface area contributed by atoms with Crippen molar-refractivity contribution in [3.05, 3.63) is 18.2 Å². The zero-order valence-electron chi connectivity index (χ0n) is 10.3. The van der Waals surface area contributed by atoms with Gasteiger partial charge in [0.15, 0.2) is 0 Å². The van der Waals surface area contributed by atoms with Gasteiger partial charge >= 0.3 is 0 Å². The van der Waals surface area contributed by atoms with Gasteiger partial charge in [-0.3, -0.25) is 0 Å². The molecule has 1 aliphatic rings. The third-order valence-corrected chi connectivity index (χ3v) is 3.28. The van der Waals surface area contributed by atoms with Crippen molar-refractivity contribution in [3.8, 4) is 5.88 Å². The van der Waals surface area contributed by atoms with Crippen molar-refractivity contribution < 1.29 is 9.84 Å². The summed E-state index contributed by atoms with van der Waals surface area (Å²) in [6.07, 6.45) is 4.54. The number of pyridine rings is 1. The van der Waals surface area contributed by atoms with Gasteiger partial charge in [-0.25, -0.2) is 0 Å². The lowest BCUT2D eigenvalue weighted by Gasteiger charge is -2.38. The Bertz CT molecular complexity index is 353. The summed E-state index contributed by atoms with van der Waals surface area (Å²) in [7, 11) is 1.63. The number of methoxy groups -OCH3 is 1. The van der Waals surface area contributed by atoms with E-state index >= 15 is 0 Å². The van der Waals surface area contributed by atoms with E-state index in [2.05, 4.69) is 9.88 Å². The van der Waals surface area contributed by atoms with Gasteiger partial charge in [0.25, 0.3) is 0 Å². The normalized spacial score (nSPS) is 15.4. The smallest absolute Gasteiger partial charge is 0.214 e. The minimum absolute atomic E-state index is 0.229. The Kier molecular flexibility index (Phi) is 4.20. The lowest BCUT2D eigenvalue weighted by molar-refractivity contribution is 0.282. The fourth-order valence-electron chi connectivity index (χ4n) is 2.10. The van der Waals surface area contributed by atoms with Gasteiger partial charge in [-0.2, -0.15) is 4.98 Å². The van der Waals surface area contributed by atoms with E-state index in [0.29, 0.717) is 11.9 Å². The van der Waals surface area contributed by atoms with Crippen molar-refractivity contribution >= 4 is 5.82 Å². The molecule has 1 N–H and O–H groups in total. The van der Waals surface area contributed by atoms with Crippen LogP contribution in [0.3, 0.4) is 0 Å².